The van der Waals surface area contributed by atoms with Crippen molar-refractivity contribution in [2.75, 3.05) is 0 Å². The van der Waals surface area contributed by atoms with Gasteiger partial charge in [-0.15, -0.1) is 11.6 Å². The number of carbonyl (C=O) groups excluding carboxylic acids is 1. The maximum absolute atomic E-state index is 12.8. The molecule has 112 valence electrons. The average molecular weight is 305 g/mol. The van der Waals surface area contributed by atoms with E-state index in [1.165, 1.54) is 12.0 Å². The van der Waals surface area contributed by atoms with Gasteiger partial charge >= 0.3 is 5.97 Å². The van der Waals surface area contributed by atoms with Crippen molar-refractivity contribution in [3.8, 4) is 5.75 Å². The summed E-state index contributed by atoms with van der Waals surface area (Å²) in [6.45, 7) is 2.03. The average Bonchev–Trinajstić information content (AvgIpc) is 2.38. The van der Waals surface area contributed by atoms with E-state index in [4.69, 9.17) is 16.3 Å². The lowest BCUT2D eigenvalue weighted by Gasteiger charge is -2.58. The summed E-state index contributed by atoms with van der Waals surface area (Å²) in [5, 5.41) is 0. The number of hydrogen-bond donors (Lipinski definition) is 0. The first kappa shape index (κ1) is 13.6. The molecule has 5 rings (SSSR count). The molecule has 4 atom stereocenters. The second kappa shape index (κ2) is 4.49. The van der Waals surface area contributed by atoms with Gasteiger partial charge in [0, 0.05) is 4.87 Å². The lowest BCUT2D eigenvalue weighted by atomic mass is 9.49. The van der Waals surface area contributed by atoms with Crippen molar-refractivity contribution in [1.82, 2.24) is 0 Å². The third-order valence-corrected chi connectivity index (χ3v) is 6.10. The largest absolute Gasteiger partial charge is 0.426 e. The minimum absolute atomic E-state index is 0.0505. The molecule has 4 aliphatic rings. The molecule has 0 radical (unpaired) electrons. The van der Waals surface area contributed by atoms with E-state index in [-0.39, 0.29) is 16.3 Å². The normalized spacial score (nSPS) is 40.3. The standard InChI is InChI=1S/C18H21ClO2/c1-12-2-4-15(5-3-12)21-16(20)17-7-13-6-14(8-17)10-18(19,9-13)11-17/h2-5,13-14H,6-11H2,1H3/t13-,14+,17?,18?. The highest BCUT2D eigenvalue weighted by atomic mass is 35.5. The zero-order valence-corrected chi connectivity index (χ0v) is 13.2. The molecule has 4 bridgehead atoms. The van der Waals surface area contributed by atoms with Crippen molar-refractivity contribution in [3.63, 3.8) is 0 Å². The van der Waals surface area contributed by atoms with Crippen LogP contribution in [-0.4, -0.2) is 10.8 Å². The SMILES string of the molecule is Cc1ccc(OC(=O)C23C[C@@H]4C[C@@H](CC(Cl)(C4)C2)C3)cc1. The molecule has 0 N–H and O–H groups in total. The number of ether oxygens (including phenoxy) is 1. The Morgan fingerprint density at radius 2 is 1.76 bits per heavy atom. The van der Waals surface area contributed by atoms with Gasteiger partial charge in [-0.05, 0) is 69.4 Å². The zero-order valence-electron chi connectivity index (χ0n) is 12.4. The van der Waals surface area contributed by atoms with E-state index in [9.17, 15) is 4.79 Å². The highest BCUT2D eigenvalue weighted by Gasteiger charge is 2.60. The molecule has 4 aliphatic carbocycles. The number of carbonyl (C=O) groups is 1. The third-order valence-electron chi connectivity index (χ3n) is 5.65. The number of alkyl halides is 1. The zero-order chi connectivity index (χ0) is 14.7. The Morgan fingerprint density at radius 3 is 2.33 bits per heavy atom. The molecular weight excluding hydrogens is 284 g/mol. The molecule has 21 heavy (non-hydrogen) atoms. The topological polar surface area (TPSA) is 26.3 Å². The van der Waals surface area contributed by atoms with Crippen LogP contribution in [0.5, 0.6) is 5.75 Å². The fourth-order valence-electron chi connectivity index (χ4n) is 5.21. The highest BCUT2D eigenvalue weighted by molar-refractivity contribution is 6.24. The molecule has 0 amide bonds. The van der Waals surface area contributed by atoms with Crippen LogP contribution in [0.15, 0.2) is 24.3 Å². The van der Waals surface area contributed by atoms with Crippen molar-refractivity contribution in [2.45, 2.75) is 50.3 Å². The molecule has 3 heteroatoms. The van der Waals surface area contributed by atoms with Crippen LogP contribution in [0.2, 0.25) is 0 Å². The summed E-state index contributed by atoms with van der Waals surface area (Å²) < 4.78 is 5.70. The second-order valence-electron chi connectivity index (χ2n) is 7.59. The van der Waals surface area contributed by atoms with Gasteiger partial charge in [0.25, 0.3) is 0 Å². The fourth-order valence-corrected chi connectivity index (χ4v) is 5.90. The molecule has 0 saturated heterocycles. The number of hydrogen-bond acceptors (Lipinski definition) is 2. The van der Waals surface area contributed by atoms with Gasteiger partial charge in [-0.1, -0.05) is 17.7 Å². The predicted molar refractivity (Wildman–Crippen MR) is 82.5 cm³/mol. The molecule has 4 saturated carbocycles. The van der Waals surface area contributed by atoms with Gasteiger partial charge < -0.3 is 4.74 Å². The van der Waals surface area contributed by atoms with Crippen molar-refractivity contribution in [2.24, 2.45) is 17.3 Å². The molecule has 2 nitrogen and oxygen atoms in total. The molecule has 2 unspecified atom stereocenters. The van der Waals surface area contributed by atoms with Gasteiger partial charge in [0.1, 0.15) is 5.75 Å². The van der Waals surface area contributed by atoms with Crippen LogP contribution in [0.4, 0.5) is 0 Å². The van der Waals surface area contributed by atoms with Gasteiger partial charge in [0.2, 0.25) is 0 Å². The van der Waals surface area contributed by atoms with E-state index >= 15 is 0 Å². The van der Waals surface area contributed by atoms with E-state index in [0.29, 0.717) is 17.6 Å². The lowest BCUT2D eigenvalue weighted by Crippen LogP contribution is -2.56. The van der Waals surface area contributed by atoms with Crippen molar-refractivity contribution in [3.05, 3.63) is 29.8 Å². The van der Waals surface area contributed by atoms with E-state index < -0.39 is 0 Å². The van der Waals surface area contributed by atoms with E-state index in [1.54, 1.807) is 0 Å². The highest BCUT2D eigenvalue weighted by Crippen LogP contribution is 2.64. The monoisotopic (exact) mass is 304 g/mol. The van der Waals surface area contributed by atoms with Crippen molar-refractivity contribution < 1.29 is 9.53 Å². The molecule has 0 heterocycles. The Labute approximate surface area is 130 Å². The number of rotatable bonds is 2. The molecule has 0 spiro atoms. The molecule has 0 aromatic heterocycles. The molecule has 4 fully saturated rings. The van der Waals surface area contributed by atoms with Crippen molar-refractivity contribution in [1.29, 1.82) is 0 Å². The van der Waals surface area contributed by atoms with Crippen LogP contribution >= 0.6 is 11.6 Å². The summed E-state index contributed by atoms with van der Waals surface area (Å²) in [4.78, 5) is 12.7. The minimum atomic E-state index is -0.323. The number of benzene rings is 1. The van der Waals surface area contributed by atoms with Crippen LogP contribution in [0.25, 0.3) is 0 Å². The van der Waals surface area contributed by atoms with E-state index in [0.717, 1.165) is 32.1 Å². The van der Waals surface area contributed by atoms with Crippen LogP contribution in [0, 0.1) is 24.2 Å². The summed E-state index contributed by atoms with van der Waals surface area (Å²) in [7, 11) is 0. The quantitative estimate of drug-likeness (QED) is 0.457. The Bertz CT molecular complexity index is 563. The lowest BCUT2D eigenvalue weighted by molar-refractivity contribution is -0.160. The molecule has 0 aliphatic heterocycles. The Hall–Kier alpha value is -1.02. The number of halogens is 1. The first-order valence-corrected chi connectivity index (χ1v) is 8.32. The summed E-state index contributed by atoms with van der Waals surface area (Å²) in [5.41, 5.74) is 0.848. The predicted octanol–water partition coefficient (Wildman–Crippen LogP) is 4.48. The number of aryl methyl sites for hydroxylation is 1. The van der Waals surface area contributed by atoms with Crippen LogP contribution in [-0.2, 0) is 4.79 Å². The summed E-state index contributed by atoms with van der Waals surface area (Å²) in [6.07, 6.45) is 6.19. The van der Waals surface area contributed by atoms with Crippen molar-refractivity contribution >= 4 is 17.6 Å². The summed E-state index contributed by atoms with van der Waals surface area (Å²) in [5.74, 6) is 1.85. The molecule has 1 aromatic rings. The van der Waals surface area contributed by atoms with Crippen LogP contribution in [0.1, 0.15) is 44.1 Å². The summed E-state index contributed by atoms with van der Waals surface area (Å²) in [6, 6.07) is 7.71. The summed E-state index contributed by atoms with van der Waals surface area (Å²) >= 11 is 6.78. The Balaban J connectivity index is 1.57. The maximum atomic E-state index is 12.8. The minimum Gasteiger partial charge on any atom is -0.426 e. The van der Waals surface area contributed by atoms with Crippen LogP contribution in [0.3, 0.4) is 0 Å². The fraction of sp³-hybridized carbons (Fsp3) is 0.611. The Kier molecular flexibility index (Phi) is 2.91. The second-order valence-corrected chi connectivity index (χ2v) is 8.40. The van der Waals surface area contributed by atoms with Gasteiger partial charge in [-0.2, -0.15) is 0 Å². The number of esters is 1. The first-order chi connectivity index (χ1) is 9.96. The van der Waals surface area contributed by atoms with Gasteiger partial charge in [-0.25, -0.2) is 0 Å². The first-order valence-electron chi connectivity index (χ1n) is 7.94. The molecular formula is C18H21ClO2. The Morgan fingerprint density at radius 1 is 1.14 bits per heavy atom. The van der Waals surface area contributed by atoms with Gasteiger partial charge in [0.05, 0.1) is 5.41 Å². The molecule has 1 aromatic carbocycles. The van der Waals surface area contributed by atoms with Gasteiger partial charge in [0.15, 0.2) is 0 Å². The smallest absolute Gasteiger partial charge is 0.317 e. The van der Waals surface area contributed by atoms with Crippen LogP contribution < -0.4 is 4.74 Å². The van der Waals surface area contributed by atoms with Gasteiger partial charge in [-0.3, -0.25) is 4.79 Å². The van der Waals surface area contributed by atoms with E-state index in [1.807, 2.05) is 31.2 Å². The van der Waals surface area contributed by atoms with E-state index in [2.05, 4.69) is 0 Å². The third kappa shape index (κ3) is 2.28. The maximum Gasteiger partial charge on any atom is 0.317 e.